The summed E-state index contributed by atoms with van der Waals surface area (Å²) in [6.07, 6.45) is 5.60. The molecule has 1 aliphatic carbocycles. The van der Waals surface area contributed by atoms with Crippen molar-refractivity contribution in [1.29, 1.82) is 0 Å². The van der Waals surface area contributed by atoms with Crippen molar-refractivity contribution in [3.63, 3.8) is 0 Å². The van der Waals surface area contributed by atoms with Crippen molar-refractivity contribution in [2.24, 2.45) is 5.92 Å². The predicted molar refractivity (Wildman–Crippen MR) is 65.8 cm³/mol. The van der Waals surface area contributed by atoms with E-state index < -0.39 is 0 Å². The summed E-state index contributed by atoms with van der Waals surface area (Å²) in [7, 11) is 0. The zero-order valence-corrected chi connectivity index (χ0v) is 9.82. The van der Waals surface area contributed by atoms with Crippen molar-refractivity contribution in [2.45, 2.75) is 25.8 Å². The second kappa shape index (κ2) is 5.13. The van der Waals surface area contributed by atoms with E-state index in [1.165, 1.54) is 31.1 Å². The Hall–Kier alpha value is -1.64. The minimum absolute atomic E-state index is 0.0891. The third-order valence-electron chi connectivity index (χ3n) is 3.00. The third kappa shape index (κ3) is 3.70. The van der Waals surface area contributed by atoms with Gasteiger partial charge in [0.25, 0.3) is 0 Å². The van der Waals surface area contributed by atoms with Gasteiger partial charge in [0.1, 0.15) is 5.82 Å². The Labute approximate surface area is 101 Å². The van der Waals surface area contributed by atoms with Gasteiger partial charge in [-0.1, -0.05) is 12.1 Å². The van der Waals surface area contributed by atoms with Crippen molar-refractivity contribution in [3.05, 3.63) is 41.7 Å². The molecule has 1 fully saturated rings. The Bertz CT molecular complexity index is 420. The predicted octanol–water partition coefficient (Wildman–Crippen LogP) is 2.75. The fourth-order valence-electron chi connectivity index (χ4n) is 1.73. The highest BCUT2D eigenvalue weighted by atomic mass is 19.1. The normalized spacial score (nSPS) is 17.1. The van der Waals surface area contributed by atoms with Crippen molar-refractivity contribution in [1.82, 2.24) is 5.32 Å². The van der Waals surface area contributed by atoms with Crippen LogP contribution in [0.3, 0.4) is 0 Å². The Kier molecular flexibility index (Phi) is 3.57. The van der Waals surface area contributed by atoms with E-state index in [-0.39, 0.29) is 17.8 Å². The van der Waals surface area contributed by atoms with E-state index in [4.69, 9.17) is 0 Å². The van der Waals surface area contributed by atoms with Gasteiger partial charge in [0, 0.05) is 12.1 Å². The lowest BCUT2D eigenvalue weighted by Gasteiger charge is -2.10. The Morgan fingerprint density at radius 3 is 2.65 bits per heavy atom. The summed E-state index contributed by atoms with van der Waals surface area (Å²) in [6, 6.07) is 6.29. The summed E-state index contributed by atoms with van der Waals surface area (Å²) in [5, 5.41) is 2.92. The highest BCUT2D eigenvalue weighted by Crippen LogP contribution is 2.32. The molecule has 1 aromatic rings. The maximum atomic E-state index is 12.6. The van der Waals surface area contributed by atoms with Crippen molar-refractivity contribution in [3.8, 4) is 0 Å². The van der Waals surface area contributed by atoms with Crippen LogP contribution in [0.2, 0.25) is 0 Å². The number of nitrogens with one attached hydrogen (secondary N) is 1. The Morgan fingerprint density at radius 1 is 1.41 bits per heavy atom. The van der Waals surface area contributed by atoms with Gasteiger partial charge >= 0.3 is 0 Å². The zero-order valence-electron chi connectivity index (χ0n) is 9.82. The number of benzene rings is 1. The molecule has 1 atom stereocenters. The van der Waals surface area contributed by atoms with Crippen molar-refractivity contribution in [2.75, 3.05) is 0 Å². The first kappa shape index (κ1) is 11.8. The van der Waals surface area contributed by atoms with Gasteiger partial charge < -0.3 is 5.32 Å². The van der Waals surface area contributed by atoms with Crippen LogP contribution >= 0.6 is 0 Å². The maximum absolute atomic E-state index is 12.6. The standard InChI is InChI=1S/C14H16FNO/c1-10(12-5-6-12)16-14(17)9-4-11-2-7-13(15)8-3-11/h2-4,7-10,12H,5-6H2,1H3,(H,16,17)/b9-4+/t10-/m0/s1. The van der Waals surface area contributed by atoms with E-state index in [0.29, 0.717) is 5.92 Å². The molecule has 1 amide bonds. The van der Waals surface area contributed by atoms with Crippen LogP contribution in [-0.4, -0.2) is 11.9 Å². The molecule has 2 rings (SSSR count). The van der Waals surface area contributed by atoms with Crippen LogP contribution in [0.5, 0.6) is 0 Å². The number of halogens is 1. The number of hydrogen-bond donors (Lipinski definition) is 1. The molecule has 0 radical (unpaired) electrons. The second-order valence-electron chi connectivity index (χ2n) is 4.52. The van der Waals surface area contributed by atoms with Crippen LogP contribution in [-0.2, 0) is 4.79 Å². The van der Waals surface area contributed by atoms with Gasteiger partial charge in [-0.3, -0.25) is 4.79 Å². The van der Waals surface area contributed by atoms with E-state index in [0.717, 1.165) is 5.56 Å². The fourth-order valence-corrected chi connectivity index (χ4v) is 1.73. The number of carbonyl (C=O) groups is 1. The van der Waals surface area contributed by atoms with Crippen LogP contribution in [0.25, 0.3) is 6.08 Å². The number of carbonyl (C=O) groups excluding carboxylic acids is 1. The van der Waals surface area contributed by atoms with Gasteiger partial charge in [0.05, 0.1) is 0 Å². The van der Waals surface area contributed by atoms with Crippen LogP contribution in [0, 0.1) is 11.7 Å². The summed E-state index contributed by atoms with van der Waals surface area (Å²) in [4.78, 5) is 11.6. The zero-order chi connectivity index (χ0) is 12.3. The Morgan fingerprint density at radius 2 is 2.06 bits per heavy atom. The SMILES string of the molecule is C[C@H](NC(=O)/C=C/c1ccc(F)cc1)C1CC1. The molecule has 2 nitrogen and oxygen atoms in total. The first-order valence-corrected chi connectivity index (χ1v) is 5.89. The van der Waals surface area contributed by atoms with Gasteiger partial charge in [-0.15, -0.1) is 0 Å². The molecule has 0 saturated heterocycles. The molecule has 3 heteroatoms. The van der Waals surface area contributed by atoms with E-state index >= 15 is 0 Å². The summed E-state index contributed by atoms with van der Waals surface area (Å²) in [5.74, 6) is 0.292. The lowest BCUT2D eigenvalue weighted by atomic mass is 10.2. The number of hydrogen-bond acceptors (Lipinski definition) is 1. The summed E-state index contributed by atoms with van der Waals surface area (Å²) < 4.78 is 12.6. The Balaban J connectivity index is 1.86. The van der Waals surface area contributed by atoms with Gasteiger partial charge in [0.2, 0.25) is 5.91 Å². The molecule has 0 aliphatic heterocycles. The van der Waals surface area contributed by atoms with Gasteiger partial charge in [-0.25, -0.2) is 4.39 Å². The van der Waals surface area contributed by atoms with Gasteiger partial charge in [-0.05, 0) is 49.5 Å². The molecule has 0 heterocycles. The minimum atomic E-state index is -0.269. The largest absolute Gasteiger partial charge is 0.350 e. The van der Waals surface area contributed by atoms with Crippen LogP contribution in [0.15, 0.2) is 30.3 Å². The van der Waals surface area contributed by atoms with E-state index in [1.807, 2.05) is 6.92 Å². The fraction of sp³-hybridized carbons (Fsp3) is 0.357. The molecule has 0 unspecified atom stereocenters. The van der Waals surface area contributed by atoms with E-state index in [2.05, 4.69) is 5.32 Å². The molecule has 0 aromatic heterocycles. The second-order valence-corrected chi connectivity index (χ2v) is 4.52. The average molecular weight is 233 g/mol. The lowest BCUT2D eigenvalue weighted by molar-refractivity contribution is -0.117. The summed E-state index contributed by atoms with van der Waals surface area (Å²) in [5.41, 5.74) is 0.820. The van der Waals surface area contributed by atoms with Crippen LogP contribution < -0.4 is 5.32 Å². The van der Waals surface area contributed by atoms with Gasteiger partial charge in [0.15, 0.2) is 0 Å². The van der Waals surface area contributed by atoms with Crippen LogP contribution in [0.1, 0.15) is 25.3 Å². The first-order valence-electron chi connectivity index (χ1n) is 5.89. The molecule has 1 aliphatic rings. The highest BCUT2D eigenvalue weighted by Gasteiger charge is 2.28. The summed E-state index contributed by atoms with van der Waals surface area (Å²) >= 11 is 0. The number of amides is 1. The smallest absolute Gasteiger partial charge is 0.244 e. The minimum Gasteiger partial charge on any atom is -0.350 e. The molecular formula is C14H16FNO. The molecular weight excluding hydrogens is 217 g/mol. The molecule has 90 valence electrons. The maximum Gasteiger partial charge on any atom is 0.244 e. The molecule has 1 saturated carbocycles. The molecule has 17 heavy (non-hydrogen) atoms. The third-order valence-corrected chi connectivity index (χ3v) is 3.00. The van der Waals surface area contributed by atoms with Crippen LogP contribution in [0.4, 0.5) is 4.39 Å². The lowest BCUT2D eigenvalue weighted by Crippen LogP contribution is -2.32. The van der Waals surface area contributed by atoms with E-state index in [9.17, 15) is 9.18 Å². The molecule has 0 spiro atoms. The highest BCUT2D eigenvalue weighted by molar-refractivity contribution is 5.91. The molecule has 1 aromatic carbocycles. The topological polar surface area (TPSA) is 29.1 Å². The average Bonchev–Trinajstić information content (AvgIpc) is 3.12. The van der Waals surface area contributed by atoms with E-state index in [1.54, 1.807) is 18.2 Å². The van der Waals surface area contributed by atoms with Crippen molar-refractivity contribution < 1.29 is 9.18 Å². The monoisotopic (exact) mass is 233 g/mol. The molecule has 0 bridgehead atoms. The molecule has 1 N–H and O–H groups in total. The van der Waals surface area contributed by atoms with Gasteiger partial charge in [-0.2, -0.15) is 0 Å². The number of rotatable bonds is 4. The van der Waals surface area contributed by atoms with Crippen molar-refractivity contribution >= 4 is 12.0 Å². The quantitative estimate of drug-likeness (QED) is 0.796. The summed E-state index contributed by atoms with van der Waals surface area (Å²) in [6.45, 7) is 2.03. The first-order chi connectivity index (χ1) is 8.15.